The number of fused-ring (bicyclic) bond motifs is 1. The van der Waals surface area contributed by atoms with Crippen LogP contribution in [-0.4, -0.2) is 58.3 Å². The number of benzene rings is 2. The number of carbonyl (C=O) groups excluding carboxylic acids is 1. The molecular weight excluding hydrogens is 404 g/mol. The molecule has 1 amide bonds. The maximum atomic E-state index is 12.2. The van der Waals surface area contributed by atoms with Crippen molar-refractivity contribution in [2.45, 2.75) is 6.42 Å². The van der Waals surface area contributed by atoms with Crippen LogP contribution in [0.5, 0.6) is 11.5 Å². The summed E-state index contributed by atoms with van der Waals surface area (Å²) < 4.78 is 11.2. The van der Waals surface area contributed by atoms with Crippen LogP contribution < -0.4 is 25.0 Å². The molecule has 1 atom stereocenters. The van der Waals surface area contributed by atoms with Crippen LogP contribution in [0.3, 0.4) is 0 Å². The number of ether oxygens (including phenoxy) is 2. The van der Waals surface area contributed by atoms with Crippen molar-refractivity contribution in [2.75, 3.05) is 52.3 Å². The molecule has 0 unspecified atom stereocenters. The minimum absolute atomic E-state index is 0.000966. The van der Waals surface area contributed by atoms with E-state index in [-0.39, 0.29) is 11.8 Å². The Hall–Kier alpha value is -3.32. The lowest BCUT2D eigenvalue weighted by Gasteiger charge is -2.22. The number of hydrogen-bond donors (Lipinski definition) is 2. The molecule has 0 saturated carbocycles. The topological polar surface area (TPSA) is 75.7 Å². The Morgan fingerprint density at radius 1 is 1.12 bits per heavy atom. The van der Waals surface area contributed by atoms with Gasteiger partial charge in [-0.15, -0.1) is 0 Å². The van der Waals surface area contributed by atoms with Crippen molar-refractivity contribution in [1.29, 1.82) is 0 Å². The maximum absolute atomic E-state index is 12.2. The van der Waals surface area contributed by atoms with Gasteiger partial charge in [-0.05, 0) is 55.9 Å². The van der Waals surface area contributed by atoms with Gasteiger partial charge in [0.05, 0.1) is 24.2 Å². The summed E-state index contributed by atoms with van der Waals surface area (Å²) in [5, 5.41) is 6.91. The van der Waals surface area contributed by atoms with E-state index in [1.165, 1.54) is 0 Å². The molecule has 1 aliphatic rings. The van der Waals surface area contributed by atoms with Gasteiger partial charge in [-0.25, -0.2) is 4.98 Å². The molecular formula is C25H30N4O3. The van der Waals surface area contributed by atoms with Gasteiger partial charge in [0.15, 0.2) is 0 Å². The predicted octanol–water partition coefficient (Wildman–Crippen LogP) is 3.08. The summed E-state index contributed by atoms with van der Waals surface area (Å²) in [5.41, 5.74) is 3.85. The van der Waals surface area contributed by atoms with E-state index < -0.39 is 0 Å². The molecule has 1 fully saturated rings. The quantitative estimate of drug-likeness (QED) is 0.531. The first kappa shape index (κ1) is 21.9. The summed E-state index contributed by atoms with van der Waals surface area (Å²) in [6.07, 6.45) is 0.841. The molecule has 7 heteroatoms. The number of carbonyl (C=O) groups is 1. The Labute approximate surface area is 188 Å². The van der Waals surface area contributed by atoms with E-state index in [2.05, 4.69) is 21.6 Å². The Morgan fingerprint density at radius 2 is 1.91 bits per heavy atom. The number of methoxy groups -OCH3 is 1. The second-order valence-electron chi connectivity index (χ2n) is 7.93. The van der Waals surface area contributed by atoms with Gasteiger partial charge in [-0.2, -0.15) is 0 Å². The molecule has 2 N–H and O–H groups in total. The first-order valence-electron chi connectivity index (χ1n) is 11.0. The standard InChI is InChI=1S/C25H30N4O3/c1-26-11-13-32-19-6-4-17(5-7-19)22-15-24(29-12-10-18(16-29)25(30)27-2)21-9-8-20(31-3)14-23(21)28-22/h4-9,14-15,18,26H,10-13,16H2,1-3H3,(H,27,30)/t18-/m1/s1. The first-order chi connectivity index (χ1) is 15.6. The Morgan fingerprint density at radius 3 is 2.62 bits per heavy atom. The molecule has 1 saturated heterocycles. The van der Waals surface area contributed by atoms with Crippen LogP contribution in [0.1, 0.15) is 6.42 Å². The smallest absolute Gasteiger partial charge is 0.224 e. The van der Waals surface area contributed by atoms with Crippen molar-refractivity contribution in [3.8, 4) is 22.8 Å². The highest BCUT2D eigenvalue weighted by molar-refractivity contribution is 5.95. The van der Waals surface area contributed by atoms with Crippen LogP contribution in [0.25, 0.3) is 22.2 Å². The fraction of sp³-hybridized carbons (Fsp3) is 0.360. The van der Waals surface area contributed by atoms with Crippen LogP contribution in [0.4, 0.5) is 5.69 Å². The fourth-order valence-corrected chi connectivity index (χ4v) is 4.12. The van der Waals surface area contributed by atoms with Crippen molar-refractivity contribution in [3.05, 3.63) is 48.5 Å². The van der Waals surface area contributed by atoms with Crippen LogP contribution in [0, 0.1) is 5.92 Å². The van der Waals surface area contributed by atoms with Crippen molar-refractivity contribution in [1.82, 2.24) is 15.6 Å². The zero-order valence-corrected chi connectivity index (χ0v) is 18.9. The first-order valence-corrected chi connectivity index (χ1v) is 11.0. The van der Waals surface area contributed by atoms with Crippen molar-refractivity contribution >= 4 is 22.5 Å². The third-order valence-electron chi connectivity index (χ3n) is 5.91. The molecule has 3 aromatic rings. The summed E-state index contributed by atoms with van der Waals surface area (Å²) in [5.74, 6) is 1.70. The monoisotopic (exact) mass is 434 g/mol. The zero-order chi connectivity index (χ0) is 22.5. The van der Waals surface area contributed by atoms with Gasteiger partial charge in [-0.1, -0.05) is 0 Å². The molecule has 4 rings (SSSR count). The number of nitrogens with zero attached hydrogens (tertiary/aromatic N) is 2. The lowest BCUT2D eigenvalue weighted by atomic mass is 10.1. The number of nitrogens with one attached hydrogen (secondary N) is 2. The number of hydrogen-bond acceptors (Lipinski definition) is 6. The minimum Gasteiger partial charge on any atom is -0.497 e. The summed E-state index contributed by atoms with van der Waals surface area (Å²) >= 11 is 0. The number of rotatable bonds is 8. The van der Waals surface area contributed by atoms with E-state index >= 15 is 0 Å². The Balaban J connectivity index is 1.69. The zero-order valence-electron chi connectivity index (χ0n) is 18.9. The average Bonchev–Trinajstić information content (AvgIpc) is 3.33. The largest absolute Gasteiger partial charge is 0.497 e. The number of anilines is 1. The number of likely N-dealkylation sites (N-methyl/N-ethyl adjacent to an activating group) is 1. The summed E-state index contributed by atoms with van der Waals surface area (Å²) in [7, 11) is 5.26. The highest BCUT2D eigenvalue weighted by Gasteiger charge is 2.29. The van der Waals surface area contributed by atoms with Crippen molar-refractivity contribution in [2.24, 2.45) is 5.92 Å². The molecule has 1 aliphatic heterocycles. The molecule has 32 heavy (non-hydrogen) atoms. The summed E-state index contributed by atoms with van der Waals surface area (Å²) in [4.78, 5) is 19.4. The molecule has 0 aliphatic carbocycles. The van der Waals surface area contributed by atoms with Crippen molar-refractivity contribution in [3.63, 3.8) is 0 Å². The van der Waals surface area contributed by atoms with Gasteiger partial charge < -0.3 is 25.0 Å². The van der Waals surface area contributed by atoms with Crippen LogP contribution >= 0.6 is 0 Å². The third-order valence-corrected chi connectivity index (χ3v) is 5.91. The highest BCUT2D eigenvalue weighted by Crippen LogP contribution is 2.35. The minimum atomic E-state index is -0.000966. The predicted molar refractivity (Wildman–Crippen MR) is 128 cm³/mol. The van der Waals surface area contributed by atoms with Crippen LogP contribution in [0.2, 0.25) is 0 Å². The lowest BCUT2D eigenvalue weighted by Crippen LogP contribution is -2.30. The van der Waals surface area contributed by atoms with Gasteiger partial charge in [0, 0.05) is 49.4 Å². The number of aromatic nitrogens is 1. The van der Waals surface area contributed by atoms with E-state index in [1.807, 2.05) is 49.5 Å². The molecule has 0 radical (unpaired) electrons. The number of amides is 1. The van der Waals surface area contributed by atoms with E-state index in [0.29, 0.717) is 13.2 Å². The molecule has 168 valence electrons. The van der Waals surface area contributed by atoms with E-state index in [0.717, 1.165) is 58.9 Å². The van der Waals surface area contributed by atoms with E-state index in [9.17, 15) is 4.79 Å². The maximum Gasteiger partial charge on any atom is 0.224 e. The van der Waals surface area contributed by atoms with Crippen LogP contribution in [0.15, 0.2) is 48.5 Å². The second-order valence-corrected chi connectivity index (χ2v) is 7.93. The Bertz CT molecular complexity index is 1080. The summed E-state index contributed by atoms with van der Waals surface area (Å²) in [6, 6.07) is 16.1. The normalized spacial score (nSPS) is 15.7. The molecule has 2 aromatic carbocycles. The second kappa shape index (κ2) is 9.87. The SMILES string of the molecule is CNCCOc1ccc(-c2cc(N3CC[C@@H](C(=O)NC)C3)c3ccc(OC)cc3n2)cc1. The summed E-state index contributed by atoms with van der Waals surface area (Å²) in [6.45, 7) is 2.95. The molecule has 0 bridgehead atoms. The highest BCUT2D eigenvalue weighted by atomic mass is 16.5. The van der Waals surface area contributed by atoms with Gasteiger partial charge in [0.25, 0.3) is 0 Å². The lowest BCUT2D eigenvalue weighted by molar-refractivity contribution is -0.123. The third kappa shape index (κ3) is 4.62. The van der Waals surface area contributed by atoms with Crippen LogP contribution in [-0.2, 0) is 4.79 Å². The molecule has 2 heterocycles. The van der Waals surface area contributed by atoms with Gasteiger partial charge in [0.1, 0.15) is 18.1 Å². The van der Waals surface area contributed by atoms with Gasteiger partial charge in [-0.3, -0.25) is 4.79 Å². The Kier molecular flexibility index (Phi) is 6.75. The van der Waals surface area contributed by atoms with Crippen molar-refractivity contribution < 1.29 is 14.3 Å². The van der Waals surface area contributed by atoms with E-state index in [1.54, 1.807) is 14.2 Å². The number of pyridine rings is 1. The van der Waals surface area contributed by atoms with Gasteiger partial charge >= 0.3 is 0 Å². The van der Waals surface area contributed by atoms with E-state index in [4.69, 9.17) is 14.5 Å². The molecule has 0 spiro atoms. The molecule has 1 aromatic heterocycles. The molecule has 7 nitrogen and oxygen atoms in total. The van der Waals surface area contributed by atoms with Gasteiger partial charge in [0.2, 0.25) is 5.91 Å². The fourth-order valence-electron chi connectivity index (χ4n) is 4.12. The average molecular weight is 435 g/mol.